The Kier molecular flexibility index (Phi) is 3.93. The first-order chi connectivity index (χ1) is 9.52. The van der Waals surface area contributed by atoms with Gasteiger partial charge in [-0.3, -0.25) is 9.48 Å². The Morgan fingerprint density at radius 3 is 2.80 bits per heavy atom. The van der Waals surface area contributed by atoms with E-state index in [0.29, 0.717) is 22.7 Å². The largest absolute Gasteiger partial charge is 0.495 e. The van der Waals surface area contributed by atoms with Crippen molar-refractivity contribution in [1.82, 2.24) is 9.78 Å². The number of ether oxygens (including phenoxy) is 1. The molecule has 0 bridgehead atoms. The number of nitrogens with one attached hydrogen (secondary N) is 1. The molecule has 0 radical (unpaired) electrons. The Hall–Kier alpha value is -2.50. The van der Waals surface area contributed by atoms with Gasteiger partial charge in [-0.15, -0.1) is 0 Å². The first-order valence-corrected chi connectivity index (χ1v) is 6.31. The smallest absolute Gasteiger partial charge is 0.257 e. The minimum Gasteiger partial charge on any atom is -0.495 e. The van der Waals surface area contributed by atoms with Gasteiger partial charge in [-0.2, -0.15) is 5.10 Å². The van der Waals surface area contributed by atoms with E-state index in [0.717, 1.165) is 0 Å². The van der Waals surface area contributed by atoms with Crippen LogP contribution in [0, 0.1) is 0 Å². The van der Waals surface area contributed by atoms with Crippen LogP contribution in [0.15, 0.2) is 30.6 Å². The van der Waals surface area contributed by atoms with E-state index in [9.17, 15) is 4.79 Å². The van der Waals surface area contributed by atoms with E-state index in [1.165, 1.54) is 7.11 Å². The normalized spacial score (nSPS) is 10.6. The molecule has 0 saturated heterocycles. The fraction of sp³-hybridized carbons (Fsp3) is 0.286. The van der Waals surface area contributed by atoms with Crippen LogP contribution >= 0.6 is 0 Å². The second-order valence-corrected chi connectivity index (χ2v) is 4.68. The molecule has 0 aliphatic heterocycles. The maximum atomic E-state index is 12.2. The lowest BCUT2D eigenvalue weighted by atomic mass is 10.1. The zero-order valence-corrected chi connectivity index (χ0v) is 11.8. The van der Waals surface area contributed by atoms with Gasteiger partial charge in [0.25, 0.3) is 5.91 Å². The second-order valence-electron chi connectivity index (χ2n) is 4.68. The molecular weight excluding hydrogens is 256 g/mol. The van der Waals surface area contributed by atoms with Gasteiger partial charge in [-0.1, -0.05) is 6.07 Å². The molecule has 0 fully saturated rings. The quantitative estimate of drug-likeness (QED) is 0.838. The first-order valence-electron chi connectivity index (χ1n) is 6.31. The van der Waals surface area contributed by atoms with Gasteiger partial charge in [0.15, 0.2) is 0 Å². The summed E-state index contributed by atoms with van der Waals surface area (Å²) in [5.74, 6) is 0.195. The number of aromatic nitrogens is 2. The molecule has 0 aliphatic carbocycles. The number of carbonyl (C=O) groups is 1. The number of benzene rings is 1. The molecule has 0 aliphatic rings. The molecule has 2 aromatic rings. The van der Waals surface area contributed by atoms with E-state index in [1.54, 1.807) is 35.3 Å². The predicted octanol–water partition coefficient (Wildman–Crippen LogP) is 2.31. The highest BCUT2D eigenvalue weighted by Gasteiger charge is 2.14. The Labute approximate surface area is 117 Å². The lowest BCUT2D eigenvalue weighted by Gasteiger charge is -2.09. The number of nitrogen functional groups attached to an aromatic ring is 1. The van der Waals surface area contributed by atoms with Crippen molar-refractivity contribution in [1.29, 1.82) is 0 Å². The molecule has 6 nitrogen and oxygen atoms in total. The van der Waals surface area contributed by atoms with E-state index >= 15 is 0 Å². The van der Waals surface area contributed by atoms with Crippen LogP contribution in [-0.4, -0.2) is 22.8 Å². The summed E-state index contributed by atoms with van der Waals surface area (Å²) < 4.78 is 6.87. The van der Waals surface area contributed by atoms with Crippen LogP contribution in [0.2, 0.25) is 0 Å². The molecule has 1 aromatic carbocycles. The van der Waals surface area contributed by atoms with E-state index in [-0.39, 0.29) is 11.9 Å². The number of para-hydroxylation sites is 1. The fourth-order valence-corrected chi connectivity index (χ4v) is 1.80. The number of carbonyl (C=O) groups excluding carboxylic acids is 1. The summed E-state index contributed by atoms with van der Waals surface area (Å²) in [6.45, 7) is 4.03. The van der Waals surface area contributed by atoms with Gasteiger partial charge < -0.3 is 15.8 Å². The highest BCUT2D eigenvalue weighted by Crippen LogP contribution is 2.25. The summed E-state index contributed by atoms with van der Waals surface area (Å²) in [6.07, 6.45) is 3.38. The number of rotatable bonds is 4. The molecule has 0 unspecified atom stereocenters. The van der Waals surface area contributed by atoms with E-state index in [4.69, 9.17) is 10.5 Å². The molecule has 3 N–H and O–H groups in total. The van der Waals surface area contributed by atoms with Gasteiger partial charge in [-0.25, -0.2) is 0 Å². The van der Waals surface area contributed by atoms with E-state index in [2.05, 4.69) is 10.4 Å². The minimum absolute atomic E-state index is 0.238. The zero-order valence-electron chi connectivity index (χ0n) is 11.8. The second kappa shape index (κ2) is 5.64. The summed E-state index contributed by atoms with van der Waals surface area (Å²) >= 11 is 0. The van der Waals surface area contributed by atoms with Crippen molar-refractivity contribution < 1.29 is 9.53 Å². The third kappa shape index (κ3) is 2.74. The number of methoxy groups -OCH3 is 1. The summed E-state index contributed by atoms with van der Waals surface area (Å²) in [7, 11) is 1.51. The molecule has 2 rings (SSSR count). The number of nitrogens with two attached hydrogens (primary N) is 1. The van der Waals surface area contributed by atoms with Crippen LogP contribution in [0.3, 0.4) is 0 Å². The van der Waals surface area contributed by atoms with Crippen LogP contribution in [0.4, 0.5) is 11.4 Å². The third-order valence-corrected chi connectivity index (χ3v) is 2.92. The average molecular weight is 274 g/mol. The molecule has 20 heavy (non-hydrogen) atoms. The molecule has 106 valence electrons. The van der Waals surface area contributed by atoms with Crippen LogP contribution in [-0.2, 0) is 0 Å². The Balaban J connectivity index is 2.19. The predicted molar refractivity (Wildman–Crippen MR) is 78.0 cm³/mol. The van der Waals surface area contributed by atoms with Crippen LogP contribution in [0.25, 0.3) is 0 Å². The molecule has 0 saturated carbocycles. The number of hydrogen-bond acceptors (Lipinski definition) is 4. The van der Waals surface area contributed by atoms with E-state index in [1.807, 2.05) is 13.8 Å². The van der Waals surface area contributed by atoms with Crippen LogP contribution < -0.4 is 15.8 Å². The molecule has 1 aromatic heterocycles. The van der Waals surface area contributed by atoms with Gasteiger partial charge in [0, 0.05) is 12.2 Å². The molecular formula is C14H18N4O2. The average Bonchev–Trinajstić information content (AvgIpc) is 2.87. The molecule has 0 spiro atoms. The monoisotopic (exact) mass is 274 g/mol. The van der Waals surface area contributed by atoms with Crippen molar-refractivity contribution in [3.63, 3.8) is 0 Å². The summed E-state index contributed by atoms with van der Waals surface area (Å²) in [6, 6.07) is 5.33. The van der Waals surface area contributed by atoms with Crippen LogP contribution in [0.1, 0.15) is 30.2 Å². The van der Waals surface area contributed by atoms with Crippen molar-refractivity contribution >= 4 is 17.3 Å². The lowest BCUT2D eigenvalue weighted by molar-refractivity contribution is 0.102. The van der Waals surface area contributed by atoms with E-state index < -0.39 is 0 Å². The van der Waals surface area contributed by atoms with Crippen LogP contribution in [0.5, 0.6) is 5.75 Å². The van der Waals surface area contributed by atoms with Crippen molar-refractivity contribution in [2.75, 3.05) is 18.2 Å². The van der Waals surface area contributed by atoms with Gasteiger partial charge in [0.1, 0.15) is 5.75 Å². The maximum Gasteiger partial charge on any atom is 0.257 e. The maximum absolute atomic E-state index is 12.2. The molecule has 1 amide bonds. The van der Waals surface area contributed by atoms with Gasteiger partial charge >= 0.3 is 0 Å². The highest BCUT2D eigenvalue weighted by atomic mass is 16.5. The zero-order chi connectivity index (χ0) is 14.7. The van der Waals surface area contributed by atoms with Crippen molar-refractivity contribution in [2.24, 2.45) is 0 Å². The fourth-order valence-electron chi connectivity index (χ4n) is 1.80. The Morgan fingerprint density at radius 1 is 1.45 bits per heavy atom. The van der Waals surface area contributed by atoms with Crippen molar-refractivity contribution in [3.8, 4) is 5.75 Å². The van der Waals surface area contributed by atoms with Gasteiger partial charge in [0.05, 0.1) is 30.2 Å². The summed E-state index contributed by atoms with van der Waals surface area (Å²) in [5.41, 5.74) is 7.23. The molecule has 0 atom stereocenters. The molecule has 6 heteroatoms. The first kappa shape index (κ1) is 13.9. The minimum atomic E-state index is -0.287. The lowest BCUT2D eigenvalue weighted by Crippen LogP contribution is -2.14. The standard InChI is InChI=1S/C14H18N4O2/c1-9(2)18-8-10(7-16-18)17-14(19)11-5-4-6-12(20-3)13(11)15/h4-9H,15H2,1-3H3,(H,17,19). The third-order valence-electron chi connectivity index (χ3n) is 2.92. The number of hydrogen-bond donors (Lipinski definition) is 2. The number of anilines is 2. The summed E-state index contributed by atoms with van der Waals surface area (Å²) in [4.78, 5) is 12.2. The topological polar surface area (TPSA) is 82.2 Å². The van der Waals surface area contributed by atoms with Gasteiger partial charge in [0.2, 0.25) is 0 Å². The summed E-state index contributed by atoms with van der Waals surface area (Å²) in [5, 5.41) is 6.93. The highest BCUT2D eigenvalue weighted by molar-refractivity contribution is 6.08. The molecule has 1 heterocycles. The SMILES string of the molecule is COc1cccc(C(=O)Nc2cnn(C(C)C)c2)c1N. The Bertz CT molecular complexity index is 619. The van der Waals surface area contributed by atoms with Crippen molar-refractivity contribution in [2.45, 2.75) is 19.9 Å². The van der Waals surface area contributed by atoms with Gasteiger partial charge in [-0.05, 0) is 26.0 Å². The Morgan fingerprint density at radius 2 is 2.20 bits per heavy atom. The number of amides is 1. The van der Waals surface area contributed by atoms with Crippen molar-refractivity contribution in [3.05, 3.63) is 36.2 Å². The number of nitrogens with zero attached hydrogens (tertiary/aromatic N) is 2.